The van der Waals surface area contributed by atoms with Crippen molar-refractivity contribution in [1.29, 1.82) is 0 Å². The highest BCUT2D eigenvalue weighted by Crippen LogP contribution is 2.31. The van der Waals surface area contributed by atoms with E-state index < -0.39 is 11.7 Å². The zero-order valence-corrected chi connectivity index (χ0v) is 8.88. The Kier molecular flexibility index (Phi) is 4.76. The molecule has 0 aromatic heterocycles. The predicted molar refractivity (Wildman–Crippen MR) is 53.0 cm³/mol. The lowest BCUT2D eigenvalue weighted by Gasteiger charge is -2.12. The molecule has 0 bridgehead atoms. The number of hydrogen-bond donors (Lipinski definition) is 0. The van der Waals surface area contributed by atoms with Crippen LogP contribution in [0, 0.1) is 0 Å². The van der Waals surface area contributed by atoms with E-state index in [1.165, 1.54) is 19.2 Å². The first kappa shape index (κ1) is 13.0. The molecule has 0 unspecified atom stereocenters. The monoisotopic (exact) mass is 234 g/mol. The molecule has 1 aromatic rings. The molecule has 2 nitrogen and oxygen atoms in total. The molecule has 1 rings (SSSR count). The van der Waals surface area contributed by atoms with Gasteiger partial charge in [-0.05, 0) is 11.6 Å². The molecule has 0 heterocycles. The Hall–Kier alpha value is -1.07. The summed E-state index contributed by atoms with van der Waals surface area (Å²) in [5, 5.41) is 0. The standard InChI is InChI=1S/C11H13F3O2/c1-15-6-7-16-8-9-4-2-3-5-10(9)11(12,13)14/h2-5H,6-8H2,1H3. The van der Waals surface area contributed by atoms with Crippen LogP contribution in [-0.2, 0) is 22.3 Å². The Labute approximate surface area is 92.0 Å². The quantitative estimate of drug-likeness (QED) is 0.729. The van der Waals surface area contributed by atoms with E-state index >= 15 is 0 Å². The van der Waals surface area contributed by atoms with Gasteiger partial charge in [0.2, 0.25) is 0 Å². The summed E-state index contributed by atoms with van der Waals surface area (Å²) in [6.45, 7) is 0.593. The van der Waals surface area contributed by atoms with E-state index in [1.807, 2.05) is 0 Å². The summed E-state index contributed by atoms with van der Waals surface area (Å²) in [5.74, 6) is 0. The lowest BCUT2D eigenvalue weighted by Crippen LogP contribution is -2.10. The van der Waals surface area contributed by atoms with Crippen LogP contribution < -0.4 is 0 Å². The maximum Gasteiger partial charge on any atom is 0.416 e. The smallest absolute Gasteiger partial charge is 0.382 e. The van der Waals surface area contributed by atoms with Gasteiger partial charge in [0.15, 0.2) is 0 Å². The van der Waals surface area contributed by atoms with Gasteiger partial charge in [0.25, 0.3) is 0 Å². The number of rotatable bonds is 5. The van der Waals surface area contributed by atoms with Gasteiger partial charge < -0.3 is 9.47 Å². The van der Waals surface area contributed by atoms with Crippen LogP contribution in [0.1, 0.15) is 11.1 Å². The van der Waals surface area contributed by atoms with Crippen molar-refractivity contribution in [2.24, 2.45) is 0 Å². The fourth-order valence-electron chi connectivity index (χ4n) is 1.25. The molecule has 0 aliphatic carbocycles. The van der Waals surface area contributed by atoms with Crippen LogP contribution in [0.25, 0.3) is 0 Å². The minimum Gasteiger partial charge on any atom is -0.382 e. The largest absolute Gasteiger partial charge is 0.416 e. The molecule has 0 amide bonds. The van der Waals surface area contributed by atoms with E-state index in [-0.39, 0.29) is 18.8 Å². The molecule has 0 fully saturated rings. The van der Waals surface area contributed by atoms with Crippen LogP contribution in [0.4, 0.5) is 13.2 Å². The molecule has 0 N–H and O–H groups in total. The van der Waals surface area contributed by atoms with Crippen molar-refractivity contribution in [3.05, 3.63) is 35.4 Å². The SMILES string of the molecule is COCCOCc1ccccc1C(F)(F)F. The molecule has 0 aliphatic rings. The number of methoxy groups -OCH3 is 1. The van der Waals surface area contributed by atoms with Crippen LogP contribution in [0.15, 0.2) is 24.3 Å². The minimum absolute atomic E-state index is 0.0565. The number of alkyl halides is 3. The van der Waals surface area contributed by atoms with Crippen molar-refractivity contribution in [3.8, 4) is 0 Å². The van der Waals surface area contributed by atoms with Crippen molar-refractivity contribution in [2.75, 3.05) is 20.3 Å². The van der Waals surface area contributed by atoms with Crippen molar-refractivity contribution in [3.63, 3.8) is 0 Å². The lowest BCUT2D eigenvalue weighted by atomic mass is 10.1. The average Bonchev–Trinajstić information content (AvgIpc) is 2.24. The molecule has 0 radical (unpaired) electrons. The highest BCUT2D eigenvalue weighted by atomic mass is 19.4. The molecule has 1 aromatic carbocycles. The second-order valence-electron chi connectivity index (χ2n) is 3.20. The molecule has 0 aliphatic heterocycles. The van der Waals surface area contributed by atoms with Gasteiger partial charge in [0.1, 0.15) is 0 Å². The first-order valence-corrected chi connectivity index (χ1v) is 4.77. The summed E-state index contributed by atoms with van der Waals surface area (Å²) in [6, 6.07) is 5.39. The van der Waals surface area contributed by atoms with Gasteiger partial charge in [-0.1, -0.05) is 18.2 Å². The van der Waals surface area contributed by atoms with E-state index in [2.05, 4.69) is 0 Å². The molecule has 0 saturated heterocycles. The van der Waals surface area contributed by atoms with Crippen molar-refractivity contribution in [2.45, 2.75) is 12.8 Å². The molecule has 5 heteroatoms. The zero-order valence-electron chi connectivity index (χ0n) is 8.88. The molecular formula is C11H13F3O2. The Balaban J connectivity index is 2.65. The van der Waals surface area contributed by atoms with Crippen LogP contribution >= 0.6 is 0 Å². The molecular weight excluding hydrogens is 221 g/mol. The Morgan fingerprint density at radius 2 is 1.81 bits per heavy atom. The van der Waals surface area contributed by atoms with Crippen LogP contribution in [0.5, 0.6) is 0 Å². The first-order valence-electron chi connectivity index (χ1n) is 4.77. The number of halogens is 3. The second kappa shape index (κ2) is 5.86. The van der Waals surface area contributed by atoms with Crippen LogP contribution in [-0.4, -0.2) is 20.3 Å². The van der Waals surface area contributed by atoms with Gasteiger partial charge >= 0.3 is 6.18 Å². The summed E-state index contributed by atoms with van der Waals surface area (Å²) < 4.78 is 47.4. The summed E-state index contributed by atoms with van der Waals surface area (Å²) >= 11 is 0. The highest BCUT2D eigenvalue weighted by molar-refractivity contribution is 5.28. The molecule has 90 valence electrons. The summed E-state index contributed by atoms with van der Waals surface area (Å²) in [6.07, 6.45) is -4.33. The topological polar surface area (TPSA) is 18.5 Å². The van der Waals surface area contributed by atoms with E-state index in [0.29, 0.717) is 6.61 Å². The maximum absolute atomic E-state index is 12.5. The van der Waals surface area contributed by atoms with E-state index in [4.69, 9.17) is 9.47 Å². The molecule has 0 spiro atoms. The normalized spacial score (nSPS) is 11.8. The molecule has 16 heavy (non-hydrogen) atoms. The van der Waals surface area contributed by atoms with Crippen molar-refractivity contribution >= 4 is 0 Å². The minimum atomic E-state index is -4.33. The Morgan fingerprint density at radius 3 is 2.44 bits per heavy atom. The van der Waals surface area contributed by atoms with Crippen molar-refractivity contribution in [1.82, 2.24) is 0 Å². The van der Waals surface area contributed by atoms with Crippen LogP contribution in [0.3, 0.4) is 0 Å². The van der Waals surface area contributed by atoms with Gasteiger partial charge in [0.05, 0.1) is 25.4 Å². The molecule has 0 saturated carbocycles. The van der Waals surface area contributed by atoms with Gasteiger partial charge in [-0.2, -0.15) is 13.2 Å². The third-order valence-corrected chi connectivity index (χ3v) is 2.01. The highest BCUT2D eigenvalue weighted by Gasteiger charge is 2.32. The third-order valence-electron chi connectivity index (χ3n) is 2.01. The fourth-order valence-corrected chi connectivity index (χ4v) is 1.25. The van der Waals surface area contributed by atoms with Crippen LogP contribution in [0.2, 0.25) is 0 Å². The molecule has 0 atom stereocenters. The van der Waals surface area contributed by atoms with E-state index in [0.717, 1.165) is 6.07 Å². The zero-order chi connectivity index (χ0) is 12.0. The first-order chi connectivity index (χ1) is 7.55. The van der Waals surface area contributed by atoms with E-state index in [1.54, 1.807) is 6.07 Å². The lowest BCUT2D eigenvalue weighted by molar-refractivity contribution is -0.138. The maximum atomic E-state index is 12.5. The fraction of sp³-hybridized carbons (Fsp3) is 0.455. The predicted octanol–water partition coefficient (Wildman–Crippen LogP) is 2.87. The summed E-state index contributed by atoms with van der Waals surface area (Å²) in [7, 11) is 1.51. The van der Waals surface area contributed by atoms with Crippen molar-refractivity contribution < 1.29 is 22.6 Å². The summed E-state index contributed by atoms with van der Waals surface area (Å²) in [4.78, 5) is 0. The number of hydrogen-bond acceptors (Lipinski definition) is 2. The third kappa shape index (κ3) is 3.83. The van der Waals surface area contributed by atoms with E-state index in [9.17, 15) is 13.2 Å². The van der Waals surface area contributed by atoms with Gasteiger partial charge in [0, 0.05) is 7.11 Å². The van der Waals surface area contributed by atoms with Gasteiger partial charge in [-0.25, -0.2) is 0 Å². The average molecular weight is 234 g/mol. The summed E-state index contributed by atoms with van der Waals surface area (Å²) in [5.41, 5.74) is -0.501. The Morgan fingerprint density at radius 1 is 1.12 bits per heavy atom. The number of ether oxygens (including phenoxy) is 2. The van der Waals surface area contributed by atoms with Gasteiger partial charge in [-0.15, -0.1) is 0 Å². The second-order valence-corrected chi connectivity index (χ2v) is 3.20. The Bertz CT molecular complexity index is 323. The van der Waals surface area contributed by atoms with Gasteiger partial charge in [-0.3, -0.25) is 0 Å². The number of benzene rings is 1.